The summed E-state index contributed by atoms with van der Waals surface area (Å²) in [4.78, 5) is 23.5. The highest BCUT2D eigenvalue weighted by Crippen LogP contribution is 2.22. The number of para-hydroxylation sites is 1. The first kappa shape index (κ1) is 21.9. The Labute approximate surface area is 176 Å². The van der Waals surface area contributed by atoms with Crippen molar-refractivity contribution in [2.24, 2.45) is 5.73 Å². The fraction of sp³-hybridized carbons (Fsp3) is 0.0476. The summed E-state index contributed by atoms with van der Waals surface area (Å²) in [5.74, 6) is -4.17. The molecule has 0 bridgehead atoms. The molecule has 0 aromatic heterocycles. The normalized spacial score (nSPS) is 11.1. The van der Waals surface area contributed by atoms with Crippen molar-refractivity contribution in [1.29, 1.82) is 0 Å². The molecule has 2 amide bonds. The van der Waals surface area contributed by atoms with Crippen molar-refractivity contribution < 1.29 is 26.8 Å². The van der Waals surface area contributed by atoms with E-state index in [2.05, 4.69) is 10.0 Å². The maximum Gasteiger partial charge on any atom is 0.261 e. The molecule has 0 saturated heterocycles. The van der Waals surface area contributed by atoms with Crippen molar-refractivity contribution in [3.63, 3.8) is 0 Å². The maximum absolute atomic E-state index is 13.9. The average Bonchev–Trinajstić information content (AvgIpc) is 2.71. The van der Waals surface area contributed by atoms with E-state index in [0.29, 0.717) is 11.8 Å². The van der Waals surface area contributed by atoms with Gasteiger partial charge in [0.15, 0.2) is 0 Å². The first-order valence-electron chi connectivity index (χ1n) is 8.87. The lowest BCUT2D eigenvalue weighted by atomic mass is 10.1. The minimum Gasteiger partial charge on any atom is -0.366 e. The van der Waals surface area contributed by atoms with Crippen LogP contribution < -0.4 is 15.8 Å². The summed E-state index contributed by atoms with van der Waals surface area (Å²) in [7, 11) is -3.90. The average molecular weight is 445 g/mol. The maximum atomic E-state index is 13.9. The Morgan fingerprint density at radius 3 is 2.16 bits per heavy atom. The first-order valence-corrected chi connectivity index (χ1v) is 10.4. The Morgan fingerprint density at radius 2 is 1.55 bits per heavy atom. The second kappa shape index (κ2) is 8.52. The van der Waals surface area contributed by atoms with Crippen LogP contribution in [0.15, 0.2) is 65.6 Å². The van der Waals surface area contributed by atoms with Crippen LogP contribution >= 0.6 is 0 Å². The molecule has 160 valence electrons. The highest BCUT2D eigenvalue weighted by molar-refractivity contribution is 7.92. The third-order valence-electron chi connectivity index (χ3n) is 4.39. The molecule has 0 spiro atoms. The number of aryl methyl sites for hydroxylation is 1. The number of halogens is 2. The zero-order valence-electron chi connectivity index (χ0n) is 16.1. The number of nitrogens with two attached hydrogens (primary N) is 1. The van der Waals surface area contributed by atoms with Crippen LogP contribution in [0.25, 0.3) is 0 Å². The van der Waals surface area contributed by atoms with Crippen LogP contribution in [0.4, 0.5) is 20.2 Å². The summed E-state index contributed by atoms with van der Waals surface area (Å²) in [6.07, 6.45) is 0. The van der Waals surface area contributed by atoms with Gasteiger partial charge in [0.1, 0.15) is 11.6 Å². The van der Waals surface area contributed by atoms with Gasteiger partial charge in [-0.3, -0.25) is 14.3 Å². The zero-order chi connectivity index (χ0) is 22.8. The molecule has 0 saturated carbocycles. The quantitative estimate of drug-likeness (QED) is 0.539. The summed E-state index contributed by atoms with van der Waals surface area (Å²) in [6, 6.07) is 13.0. The van der Waals surface area contributed by atoms with Crippen LogP contribution in [0.3, 0.4) is 0 Å². The second-order valence-corrected chi connectivity index (χ2v) is 8.26. The molecule has 0 heterocycles. The van der Waals surface area contributed by atoms with Crippen molar-refractivity contribution in [2.45, 2.75) is 11.8 Å². The molecule has 0 atom stereocenters. The lowest BCUT2D eigenvalue weighted by molar-refractivity contribution is 0.0992. The van der Waals surface area contributed by atoms with Crippen molar-refractivity contribution in [2.75, 3.05) is 10.0 Å². The van der Waals surface area contributed by atoms with Crippen molar-refractivity contribution in [3.05, 3.63) is 89.0 Å². The standard InChI is InChI=1S/C21H17F2N3O4S/c1-12-4-2-3-5-18(12)26-31(29,30)14-8-6-13(7-9-14)21(28)25-19-10-15(20(24)27)16(22)11-17(19)23/h2-11,26H,1H3,(H2,24,27)(H,25,28). The highest BCUT2D eigenvalue weighted by Gasteiger charge is 2.18. The number of amides is 2. The number of nitrogens with one attached hydrogen (secondary N) is 2. The Hall–Kier alpha value is -3.79. The molecule has 0 aliphatic heterocycles. The van der Waals surface area contributed by atoms with E-state index in [1.54, 1.807) is 31.2 Å². The van der Waals surface area contributed by atoms with E-state index in [-0.39, 0.29) is 10.5 Å². The van der Waals surface area contributed by atoms with Gasteiger partial charge >= 0.3 is 0 Å². The molecule has 10 heteroatoms. The van der Waals surface area contributed by atoms with Crippen LogP contribution in [0.2, 0.25) is 0 Å². The Balaban J connectivity index is 1.80. The number of benzene rings is 3. The Morgan fingerprint density at radius 1 is 0.903 bits per heavy atom. The predicted molar refractivity (Wildman–Crippen MR) is 111 cm³/mol. The topological polar surface area (TPSA) is 118 Å². The summed E-state index contributed by atoms with van der Waals surface area (Å²) in [5.41, 5.74) is 5.16. The third-order valence-corrected chi connectivity index (χ3v) is 5.77. The lowest BCUT2D eigenvalue weighted by Crippen LogP contribution is -2.17. The number of primary amides is 1. The van der Waals surface area contributed by atoms with Gasteiger partial charge in [-0.2, -0.15) is 0 Å². The number of carbonyl (C=O) groups is 2. The molecule has 3 rings (SSSR count). The number of rotatable bonds is 6. The first-order chi connectivity index (χ1) is 14.6. The molecule has 31 heavy (non-hydrogen) atoms. The molecule has 7 nitrogen and oxygen atoms in total. The Kier molecular flexibility index (Phi) is 6.02. The largest absolute Gasteiger partial charge is 0.366 e. The van der Waals surface area contributed by atoms with Crippen LogP contribution in [0.5, 0.6) is 0 Å². The van der Waals surface area contributed by atoms with E-state index in [0.717, 1.165) is 11.6 Å². The van der Waals surface area contributed by atoms with Gasteiger partial charge in [0.25, 0.3) is 21.8 Å². The molecule has 0 fully saturated rings. The van der Waals surface area contributed by atoms with E-state index in [1.807, 2.05) is 0 Å². The van der Waals surface area contributed by atoms with Gasteiger partial charge in [0, 0.05) is 11.6 Å². The van der Waals surface area contributed by atoms with Crippen LogP contribution in [0.1, 0.15) is 26.3 Å². The summed E-state index contributed by atoms with van der Waals surface area (Å²) in [6.45, 7) is 1.75. The SMILES string of the molecule is Cc1ccccc1NS(=O)(=O)c1ccc(C(=O)Nc2cc(C(N)=O)c(F)cc2F)cc1. The van der Waals surface area contributed by atoms with E-state index in [4.69, 9.17) is 5.73 Å². The molecule has 3 aromatic carbocycles. The molecular weight excluding hydrogens is 428 g/mol. The Bertz CT molecular complexity index is 1280. The van der Waals surface area contributed by atoms with E-state index in [1.165, 1.54) is 24.3 Å². The summed E-state index contributed by atoms with van der Waals surface area (Å²) >= 11 is 0. The molecule has 0 aliphatic carbocycles. The number of anilines is 2. The highest BCUT2D eigenvalue weighted by atomic mass is 32.2. The van der Waals surface area contributed by atoms with Gasteiger partial charge in [-0.05, 0) is 48.9 Å². The number of hydrogen-bond donors (Lipinski definition) is 3. The van der Waals surface area contributed by atoms with Crippen molar-refractivity contribution in [3.8, 4) is 0 Å². The molecule has 3 aromatic rings. The smallest absolute Gasteiger partial charge is 0.261 e. The van der Waals surface area contributed by atoms with Gasteiger partial charge in [-0.15, -0.1) is 0 Å². The minimum absolute atomic E-state index is 0.0131. The van der Waals surface area contributed by atoms with Gasteiger partial charge in [0.2, 0.25) is 0 Å². The molecule has 0 unspecified atom stereocenters. The molecule has 0 aliphatic rings. The van der Waals surface area contributed by atoms with Crippen molar-refractivity contribution in [1.82, 2.24) is 0 Å². The second-order valence-electron chi connectivity index (χ2n) is 6.58. The van der Waals surface area contributed by atoms with Crippen LogP contribution in [-0.4, -0.2) is 20.2 Å². The molecule has 0 radical (unpaired) electrons. The van der Waals surface area contributed by atoms with Gasteiger partial charge in [-0.1, -0.05) is 18.2 Å². The third kappa shape index (κ3) is 4.86. The predicted octanol–water partition coefficient (Wildman–Crippen LogP) is 3.43. The van der Waals surface area contributed by atoms with Gasteiger partial charge < -0.3 is 11.1 Å². The monoisotopic (exact) mass is 445 g/mol. The number of carbonyl (C=O) groups excluding carboxylic acids is 2. The summed E-state index contributed by atoms with van der Waals surface area (Å²) < 4.78 is 55.1. The fourth-order valence-electron chi connectivity index (χ4n) is 2.70. The number of sulfonamides is 1. The number of hydrogen-bond acceptors (Lipinski definition) is 4. The van der Waals surface area contributed by atoms with Gasteiger partial charge in [-0.25, -0.2) is 17.2 Å². The molecule has 4 N–H and O–H groups in total. The van der Waals surface area contributed by atoms with Crippen molar-refractivity contribution >= 4 is 33.2 Å². The zero-order valence-corrected chi connectivity index (χ0v) is 17.0. The fourth-order valence-corrected chi connectivity index (χ4v) is 3.84. The van der Waals surface area contributed by atoms with Crippen LogP contribution in [0, 0.1) is 18.6 Å². The summed E-state index contributed by atoms with van der Waals surface area (Å²) in [5, 5.41) is 2.20. The van der Waals surface area contributed by atoms with E-state index in [9.17, 15) is 26.8 Å². The lowest BCUT2D eigenvalue weighted by Gasteiger charge is -2.11. The van der Waals surface area contributed by atoms with E-state index < -0.39 is 44.7 Å². The minimum atomic E-state index is -3.90. The van der Waals surface area contributed by atoms with Crippen LogP contribution in [-0.2, 0) is 10.0 Å². The van der Waals surface area contributed by atoms with E-state index >= 15 is 0 Å². The van der Waals surface area contributed by atoms with Gasteiger partial charge in [0.05, 0.1) is 21.8 Å². The molecular formula is C21H17F2N3O4S.